The molecule has 0 fully saturated rings. The van der Waals surface area contributed by atoms with Gasteiger partial charge in [0.15, 0.2) is 0 Å². The van der Waals surface area contributed by atoms with E-state index in [2.05, 4.69) is 13.5 Å². The van der Waals surface area contributed by atoms with E-state index in [-0.39, 0.29) is 11.9 Å². The Balaban J connectivity index is 3.95. The molecule has 0 bridgehead atoms. The molecule has 0 atom stereocenters. The van der Waals surface area contributed by atoms with Crippen molar-refractivity contribution < 1.29 is 4.79 Å². The molecule has 2 nitrogen and oxygen atoms in total. The van der Waals surface area contributed by atoms with E-state index >= 15 is 0 Å². The molecule has 76 valence electrons. The first-order valence-corrected chi connectivity index (χ1v) is 5.06. The molecule has 2 heteroatoms. The van der Waals surface area contributed by atoms with Gasteiger partial charge in [0.05, 0.1) is 0 Å². The van der Waals surface area contributed by atoms with E-state index in [0.717, 1.165) is 13.0 Å². The summed E-state index contributed by atoms with van der Waals surface area (Å²) in [5.74, 6) is 0.0473. The predicted molar refractivity (Wildman–Crippen MR) is 56.6 cm³/mol. The molecule has 0 aromatic rings. The van der Waals surface area contributed by atoms with Gasteiger partial charge >= 0.3 is 0 Å². The lowest BCUT2D eigenvalue weighted by atomic mass is 10.2. The quantitative estimate of drug-likeness (QED) is 0.458. The highest BCUT2D eigenvalue weighted by Crippen LogP contribution is 2.04. The van der Waals surface area contributed by atoms with Crippen LogP contribution in [0.3, 0.4) is 0 Å². The van der Waals surface area contributed by atoms with E-state index < -0.39 is 0 Å². The SMILES string of the molecule is C=CC(=O)N(CCCCC)C(C)C. The van der Waals surface area contributed by atoms with Crippen molar-refractivity contribution in [3.05, 3.63) is 12.7 Å². The highest BCUT2D eigenvalue weighted by atomic mass is 16.2. The van der Waals surface area contributed by atoms with E-state index in [1.165, 1.54) is 18.9 Å². The molecule has 0 saturated heterocycles. The number of nitrogens with zero attached hydrogens (tertiary/aromatic N) is 1. The van der Waals surface area contributed by atoms with E-state index in [0.29, 0.717) is 0 Å². The fourth-order valence-corrected chi connectivity index (χ4v) is 1.27. The summed E-state index contributed by atoms with van der Waals surface area (Å²) in [6.07, 6.45) is 4.86. The normalized spacial score (nSPS) is 10.2. The maximum absolute atomic E-state index is 11.4. The van der Waals surface area contributed by atoms with Crippen molar-refractivity contribution in [3.8, 4) is 0 Å². The van der Waals surface area contributed by atoms with Gasteiger partial charge in [0.1, 0.15) is 0 Å². The predicted octanol–water partition coefficient (Wildman–Crippen LogP) is 2.60. The van der Waals surface area contributed by atoms with Crippen molar-refractivity contribution in [2.75, 3.05) is 6.54 Å². The van der Waals surface area contributed by atoms with Crippen LogP contribution in [0.5, 0.6) is 0 Å². The zero-order valence-corrected chi connectivity index (χ0v) is 9.05. The van der Waals surface area contributed by atoms with Gasteiger partial charge in [0.2, 0.25) is 5.91 Å². The molecule has 0 rings (SSSR count). The fraction of sp³-hybridized carbons (Fsp3) is 0.727. The second kappa shape index (κ2) is 6.70. The first-order valence-electron chi connectivity index (χ1n) is 5.06. The highest BCUT2D eigenvalue weighted by molar-refractivity contribution is 5.87. The van der Waals surface area contributed by atoms with Crippen LogP contribution in [-0.2, 0) is 4.79 Å². The van der Waals surface area contributed by atoms with Crippen molar-refractivity contribution in [2.45, 2.75) is 46.1 Å². The van der Waals surface area contributed by atoms with Crippen molar-refractivity contribution in [1.82, 2.24) is 4.90 Å². The zero-order chi connectivity index (χ0) is 10.3. The number of hydrogen-bond acceptors (Lipinski definition) is 1. The molecule has 0 saturated carbocycles. The number of carbonyl (C=O) groups is 1. The Morgan fingerprint density at radius 1 is 1.46 bits per heavy atom. The van der Waals surface area contributed by atoms with Gasteiger partial charge in [-0.2, -0.15) is 0 Å². The van der Waals surface area contributed by atoms with Gasteiger partial charge in [-0.1, -0.05) is 26.3 Å². The standard InChI is InChI=1S/C11H21NO/c1-5-7-8-9-12(10(3)4)11(13)6-2/h6,10H,2,5,7-9H2,1,3-4H3. The van der Waals surface area contributed by atoms with Gasteiger partial charge in [-0.3, -0.25) is 4.79 Å². The fourth-order valence-electron chi connectivity index (χ4n) is 1.27. The van der Waals surface area contributed by atoms with Gasteiger partial charge in [0, 0.05) is 12.6 Å². The molecule has 0 aromatic carbocycles. The highest BCUT2D eigenvalue weighted by Gasteiger charge is 2.12. The van der Waals surface area contributed by atoms with Crippen LogP contribution in [-0.4, -0.2) is 23.4 Å². The molecule has 0 aromatic heterocycles. The smallest absolute Gasteiger partial charge is 0.246 e. The summed E-state index contributed by atoms with van der Waals surface area (Å²) in [7, 11) is 0. The molecule has 0 aliphatic rings. The van der Waals surface area contributed by atoms with Crippen LogP contribution in [0.15, 0.2) is 12.7 Å². The number of unbranched alkanes of at least 4 members (excludes halogenated alkanes) is 2. The summed E-state index contributed by atoms with van der Waals surface area (Å²) in [4.78, 5) is 13.2. The Kier molecular flexibility index (Phi) is 6.29. The van der Waals surface area contributed by atoms with Crippen molar-refractivity contribution >= 4 is 5.91 Å². The average molecular weight is 183 g/mol. The molecule has 1 amide bonds. The molecule has 13 heavy (non-hydrogen) atoms. The van der Waals surface area contributed by atoms with Gasteiger partial charge in [-0.05, 0) is 26.3 Å². The lowest BCUT2D eigenvalue weighted by Crippen LogP contribution is -2.36. The van der Waals surface area contributed by atoms with Crippen molar-refractivity contribution in [3.63, 3.8) is 0 Å². The summed E-state index contributed by atoms with van der Waals surface area (Å²) < 4.78 is 0. The minimum atomic E-state index is 0.0473. The third-order valence-corrected chi connectivity index (χ3v) is 2.08. The molecule has 0 aliphatic carbocycles. The molecule has 0 heterocycles. The molecular formula is C11H21NO. The number of hydrogen-bond donors (Lipinski definition) is 0. The summed E-state index contributed by atoms with van der Waals surface area (Å²) in [5, 5.41) is 0. The first kappa shape index (κ1) is 12.2. The molecule has 0 unspecified atom stereocenters. The third kappa shape index (κ3) is 4.71. The lowest BCUT2D eigenvalue weighted by Gasteiger charge is -2.25. The number of amides is 1. The molecule has 0 aliphatic heterocycles. The molecule has 0 radical (unpaired) electrons. The van der Waals surface area contributed by atoms with Crippen LogP contribution in [0.1, 0.15) is 40.0 Å². The molecule has 0 spiro atoms. The van der Waals surface area contributed by atoms with Gasteiger partial charge in [-0.15, -0.1) is 0 Å². The van der Waals surface area contributed by atoms with Crippen LogP contribution in [0.4, 0.5) is 0 Å². The minimum absolute atomic E-state index is 0.0473. The minimum Gasteiger partial charge on any atom is -0.337 e. The van der Waals surface area contributed by atoms with Crippen molar-refractivity contribution in [2.24, 2.45) is 0 Å². The third-order valence-electron chi connectivity index (χ3n) is 2.08. The Hall–Kier alpha value is -0.790. The summed E-state index contributed by atoms with van der Waals surface area (Å²) >= 11 is 0. The Morgan fingerprint density at radius 2 is 2.08 bits per heavy atom. The monoisotopic (exact) mass is 183 g/mol. The topological polar surface area (TPSA) is 20.3 Å². The van der Waals surface area contributed by atoms with E-state index in [1.54, 1.807) is 0 Å². The van der Waals surface area contributed by atoms with Gasteiger partial charge in [0.25, 0.3) is 0 Å². The van der Waals surface area contributed by atoms with Gasteiger partial charge in [-0.25, -0.2) is 0 Å². The van der Waals surface area contributed by atoms with Crippen LogP contribution in [0, 0.1) is 0 Å². The molecular weight excluding hydrogens is 162 g/mol. The Labute approximate surface area is 81.6 Å². The van der Waals surface area contributed by atoms with Gasteiger partial charge < -0.3 is 4.90 Å². The van der Waals surface area contributed by atoms with E-state index in [1.807, 2.05) is 18.7 Å². The summed E-state index contributed by atoms with van der Waals surface area (Å²) in [6, 6.07) is 0.280. The Bertz CT molecular complexity index is 163. The maximum atomic E-state index is 11.4. The maximum Gasteiger partial charge on any atom is 0.246 e. The van der Waals surface area contributed by atoms with Crippen LogP contribution in [0.25, 0.3) is 0 Å². The average Bonchev–Trinajstić information content (AvgIpc) is 2.11. The Morgan fingerprint density at radius 3 is 2.46 bits per heavy atom. The zero-order valence-electron chi connectivity index (χ0n) is 9.05. The van der Waals surface area contributed by atoms with Crippen LogP contribution in [0.2, 0.25) is 0 Å². The second-order valence-electron chi connectivity index (χ2n) is 3.54. The van der Waals surface area contributed by atoms with Crippen LogP contribution >= 0.6 is 0 Å². The van der Waals surface area contributed by atoms with E-state index in [4.69, 9.17) is 0 Å². The van der Waals surface area contributed by atoms with Crippen molar-refractivity contribution in [1.29, 1.82) is 0 Å². The van der Waals surface area contributed by atoms with Crippen LogP contribution < -0.4 is 0 Å². The second-order valence-corrected chi connectivity index (χ2v) is 3.54. The summed E-state index contributed by atoms with van der Waals surface area (Å²) in [6.45, 7) is 10.6. The number of carbonyl (C=O) groups excluding carboxylic acids is 1. The molecule has 0 N–H and O–H groups in total. The van der Waals surface area contributed by atoms with E-state index in [9.17, 15) is 4.79 Å². The number of rotatable bonds is 6. The largest absolute Gasteiger partial charge is 0.337 e. The lowest BCUT2D eigenvalue weighted by molar-refractivity contribution is -0.127. The summed E-state index contributed by atoms with van der Waals surface area (Å²) in [5.41, 5.74) is 0. The first-order chi connectivity index (χ1) is 6.13.